The highest BCUT2D eigenvalue weighted by Gasteiger charge is 2.11. The number of benzene rings is 1. The van der Waals surface area contributed by atoms with Crippen LogP contribution in [0.3, 0.4) is 0 Å². The molecule has 1 unspecified atom stereocenters. The van der Waals surface area contributed by atoms with Crippen LogP contribution in [0.4, 0.5) is 0 Å². The summed E-state index contributed by atoms with van der Waals surface area (Å²) in [6.45, 7) is 8.95. The number of nitrogens with one attached hydrogen (secondary N) is 2. The van der Waals surface area contributed by atoms with Gasteiger partial charge in [0.05, 0.1) is 12.1 Å². The highest BCUT2D eigenvalue weighted by Crippen LogP contribution is 2.17. The Morgan fingerprint density at radius 3 is 2.67 bits per heavy atom. The maximum Gasteiger partial charge on any atom is 0.191 e. The fourth-order valence-electron chi connectivity index (χ4n) is 3.19. The zero-order valence-electron chi connectivity index (χ0n) is 16.6. The molecule has 0 aliphatic heterocycles. The minimum Gasteiger partial charge on any atom is -0.396 e. The molecule has 0 bridgehead atoms. The summed E-state index contributed by atoms with van der Waals surface area (Å²) in [5, 5.41) is 17.2. The molecule has 2 aromatic rings. The lowest BCUT2D eigenvalue weighted by atomic mass is 9.94. The standard InChI is InChI=1S/C21H32N4O.HI/c1-4-22-21(24-14-17(10-12-26)13-16(2)3)25-15-19-8-5-7-18-9-6-11-23-20(18)19;/h5-9,11,16-17,26H,4,10,12-15H2,1-3H3,(H2,22,24,25);1H. The van der Waals surface area contributed by atoms with Gasteiger partial charge in [-0.05, 0) is 43.2 Å². The zero-order chi connectivity index (χ0) is 18.8. The highest BCUT2D eigenvalue weighted by atomic mass is 127. The maximum absolute atomic E-state index is 9.29. The molecule has 0 fully saturated rings. The Balaban J connectivity index is 0.00000364. The molecule has 3 N–H and O–H groups in total. The molecular weight excluding hydrogens is 451 g/mol. The summed E-state index contributed by atoms with van der Waals surface area (Å²) in [6, 6.07) is 10.2. The van der Waals surface area contributed by atoms with Crippen molar-refractivity contribution in [2.24, 2.45) is 16.8 Å². The van der Waals surface area contributed by atoms with Crippen molar-refractivity contribution >= 4 is 40.8 Å². The predicted octanol–water partition coefficient (Wildman–Crippen LogP) is 3.95. The molecule has 5 nitrogen and oxygen atoms in total. The number of aliphatic hydroxyl groups excluding tert-OH is 1. The monoisotopic (exact) mass is 484 g/mol. The van der Waals surface area contributed by atoms with Crippen molar-refractivity contribution in [3.05, 3.63) is 42.1 Å². The number of guanidine groups is 1. The van der Waals surface area contributed by atoms with E-state index in [0.29, 0.717) is 18.4 Å². The van der Waals surface area contributed by atoms with Crippen LogP contribution in [0.1, 0.15) is 39.2 Å². The first kappa shape index (κ1) is 23.6. The van der Waals surface area contributed by atoms with Crippen LogP contribution < -0.4 is 10.6 Å². The van der Waals surface area contributed by atoms with E-state index in [1.54, 1.807) is 0 Å². The third kappa shape index (κ3) is 8.01. The third-order valence-electron chi connectivity index (χ3n) is 4.37. The Morgan fingerprint density at radius 1 is 1.19 bits per heavy atom. The second kappa shape index (κ2) is 12.9. The third-order valence-corrected chi connectivity index (χ3v) is 4.37. The topological polar surface area (TPSA) is 69.5 Å². The number of aromatic nitrogens is 1. The molecule has 1 atom stereocenters. The van der Waals surface area contributed by atoms with Gasteiger partial charge in [0.25, 0.3) is 0 Å². The molecule has 2 rings (SSSR count). The fraction of sp³-hybridized carbons (Fsp3) is 0.524. The summed E-state index contributed by atoms with van der Waals surface area (Å²) in [5.74, 6) is 1.88. The van der Waals surface area contributed by atoms with Crippen molar-refractivity contribution in [1.82, 2.24) is 15.6 Å². The van der Waals surface area contributed by atoms with E-state index in [4.69, 9.17) is 4.99 Å². The number of pyridine rings is 1. The lowest BCUT2D eigenvalue weighted by molar-refractivity contribution is 0.243. The quantitative estimate of drug-likeness (QED) is 0.287. The minimum absolute atomic E-state index is 0. The zero-order valence-corrected chi connectivity index (χ0v) is 18.9. The van der Waals surface area contributed by atoms with Gasteiger partial charge >= 0.3 is 0 Å². The summed E-state index contributed by atoms with van der Waals surface area (Å²) >= 11 is 0. The van der Waals surface area contributed by atoms with Crippen molar-refractivity contribution in [3.8, 4) is 0 Å². The van der Waals surface area contributed by atoms with Gasteiger partial charge in [0.15, 0.2) is 5.96 Å². The first-order chi connectivity index (χ1) is 12.6. The number of nitrogens with zero attached hydrogens (tertiary/aromatic N) is 2. The van der Waals surface area contributed by atoms with E-state index in [-0.39, 0.29) is 30.6 Å². The smallest absolute Gasteiger partial charge is 0.191 e. The van der Waals surface area contributed by atoms with Gasteiger partial charge in [-0.25, -0.2) is 4.99 Å². The normalized spacial score (nSPS) is 12.7. The summed E-state index contributed by atoms with van der Waals surface area (Å²) in [4.78, 5) is 9.24. The molecule has 150 valence electrons. The summed E-state index contributed by atoms with van der Waals surface area (Å²) in [6.07, 6.45) is 3.74. The number of hydrogen-bond donors (Lipinski definition) is 3. The Hall–Kier alpha value is -1.41. The molecule has 0 amide bonds. The molecule has 27 heavy (non-hydrogen) atoms. The first-order valence-electron chi connectivity index (χ1n) is 9.59. The van der Waals surface area contributed by atoms with Crippen molar-refractivity contribution in [2.75, 3.05) is 19.7 Å². The lowest BCUT2D eigenvalue weighted by Crippen LogP contribution is -2.40. The van der Waals surface area contributed by atoms with Crippen LogP contribution in [0.15, 0.2) is 41.5 Å². The largest absolute Gasteiger partial charge is 0.396 e. The van der Waals surface area contributed by atoms with E-state index in [2.05, 4.69) is 60.7 Å². The molecule has 0 aliphatic rings. The van der Waals surface area contributed by atoms with E-state index in [1.165, 1.54) is 0 Å². The van der Waals surface area contributed by atoms with Crippen LogP contribution >= 0.6 is 24.0 Å². The van der Waals surface area contributed by atoms with Gasteiger partial charge in [0.2, 0.25) is 0 Å². The molecule has 0 saturated carbocycles. The van der Waals surface area contributed by atoms with Gasteiger partial charge in [-0.3, -0.25) is 4.98 Å². The summed E-state index contributed by atoms with van der Waals surface area (Å²) < 4.78 is 0. The molecular formula is C21H33IN4O. The van der Waals surface area contributed by atoms with E-state index < -0.39 is 0 Å². The van der Waals surface area contributed by atoms with E-state index in [1.807, 2.05) is 12.3 Å². The van der Waals surface area contributed by atoms with Crippen molar-refractivity contribution in [3.63, 3.8) is 0 Å². The fourth-order valence-corrected chi connectivity index (χ4v) is 3.19. The number of rotatable bonds is 9. The Morgan fingerprint density at radius 2 is 1.96 bits per heavy atom. The molecule has 0 radical (unpaired) electrons. The van der Waals surface area contributed by atoms with Gasteiger partial charge in [-0.2, -0.15) is 0 Å². The van der Waals surface area contributed by atoms with Crippen molar-refractivity contribution in [2.45, 2.75) is 40.2 Å². The molecule has 6 heteroatoms. The first-order valence-corrected chi connectivity index (χ1v) is 9.59. The summed E-state index contributed by atoms with van der Waals surface area (Å²) in [7, 11) is 0. The van der Waals surface area contributed by atoms with Gasteiger partial charge < -0.3 is 15.7 Å². The minimum atomic E-state index is 0. The number of hydrogen-bond acceptors (Lipinski definition) is 3. The van der Waals surface area contributed by atoms with Crippen LogP contribution in [-0.4, -0.2) is 35.7 Å². The second-order valence-corrected chi connectivity index (χ2v) is 7.08. The SMILES string of the molecule is CCNC(=NCc1cccc2cccnc12)NCC(CCO)CC(C)C.I. The molecule has 0 spiro atoms. The number of fused-ring (bicyclic) bond motifs is 1. The van der Waals surface area contributed by atoms with Crippen LogP contribution in [0.2, 0.25) is 0 Å². The number of aliphatic hydroxyl groups is 1. The highest BCUT2D eigenvalue weighted by molar-refractivity contribution is 14.0. The van der Waals surface area contributed by atoms with Crippen molar-refractivity contribution < 1.29 is 5.11 Å². The Kier molecular flexibility index (Phi) is 11.3. The van der Waals surface area contributed by atoms with E-state index in [0.717, 1.165) is 48.4 Å². The average Bonchev–Trinajstić information content (AvgIpc) is 2.63. The van der Waals surface area contributed by atoms with Crippen LogP contribution in [-0.2, 0) is 6.54 Å². The number of halogens is 1. The number of aliphatic imine (C=N–C) groups is 1. The molecule has 1 aromatic heterocycles. The van der Waals surface area contributed by atoms with Gasteiger partial charge in [0.1, 0.15) is 0 Å². The number of para-hydroxylation sites is 1. The van der Waals surface area contributed by atoms with E-state index >= 15 is 0 Å². The maximum atomic E-state index is 9.29. The second-order valence-electron chi connectivity index (χ2n) is 7.08. The Bertz CT molecular complexity index is 700. The molecule has 0 aliphatic carbocycles. The van der Waals surface area contributed by atoms with Gasteiger partial charge in [-0.1, -0.05) is 38.1 Å². The predicted molar refractivity (Wildman–Crippen MR) is 125 cm³/mol. The van der Waals surface area contributed by atoms with Gasteiger partial charge in [0, 0.05) is 31.3 Å². The van der Waals surface area contributed by atoms with Crippen LogP contribution in [0.5, 0.6) is 0 Å². The van der Waals surface area contributed by atoms with E-state index in [9.17, 15) is 5.11 Å². The van der Waals surface area contributed by atoms with Gasteiger partial charge in [-0.15, -0.1) is 24.0 Å². The Labute approximate surface area is 180 Å². The van der Waals surface area contributed by atoms with Crippen LogP contribution in [0.25, 0.3) is 10.9 Å². The molecule has 0 saturated heterocycles. The van der Waals surface area contributed by atoms with Crippen molar-refractivity contribution in [1.29, 1.82) is 0 Å². The average molecular weight is 484 g/mol. The summed E-state index contributed by atoms with van der Waals surface area (Å²) in [5.41, 5.74) is 2.13. The molecule has 1 heterocycles. The molecule has 1 aromatic carbocycles. The lowest BCUT2D eigenvalue weighted by Gasteiger charge is -2.20. The van der Waals surface area contributed by atoms with Crippen LogP contribution in [0, 0.1) is 11.8 Å².